The quantitative estimate of drug-likeness (QED) is 0.336. The highest BCUT2D eigenvalue weighted by atomic mass is 32.2. The lowest BCUT2D eigenvalue weighted by molar-refractivity contribution is -0.0151. The number of hydrogen-bond donors (Lipinski definition) is 1. The van der Waals surface area contributed by atoms with Crippen LogP contribution in [-0.2, 0) is 14.8 Å². The number of aromatic nitrogens is 4. The Kier molecular flexibility index (Phi) is 7.22. The fourth-order valence-corrected chi connectivity index (χ4v) is 5.97. The first kappa shape index (κ1) is 26.5. The molecule has 0 radical (unpaired) electrons. The molecule has 0 unspecified atom stereocenters. The fourth-order valence-electron chi connectivity index (χ4n) is 3.44. The predicted molar refractivity (Wildman–Crippen MR) is 140 cm³/mol. The van der Waals surface area contributed by atoms with E-state index in [1.165, 1.54) is 23.9 Å². The van der Waals surface area contributed by atoms with E-state index in [1.54, 1.807) is 45.4 Å². The van der Waals surface area contributed by atoms with Gasteiger partial charge in [-0.2, -0.15) is 0 Å². The number of ether oxygens (including phenoxy) is 3. The summed E-state index contributed by atoms with van der Waals surface area (Å²) in [6, 6.07) is 5.03. The van der Waals surface area contributed by atoms with Crippen molar-refractivity contribution in [2.75, 3.05) is 25.5 Å². The van der Waals surface area contributed by atoms with Crippen LogP contribution in [0.3, 0.4) is 0 Å². The van der Waals surface area contributed by atoms with Gasteiger partial charge in [-0.15, -0.1) is 11.3 Å². The maximum atomic E-state index is 13.1. The summed E-state index contributed by atoms with van der Waals surface area (Å²) in [5.74, 6) is 0.179. The van der Waals surface area contributed by atoms with Crippen molar-refractivity contribution in [2.45, 2.75) is 37.5 Å². The molecular formula is C24H27N5O6S2. The van der Waals surface area contributed by atoms with Crippen LogP contribution in [0.5, 0.6) is 11.6 Å². The second-order valence-corrected chi connectivity index (χ2v) is 11.9. The standard InChI is InChI=1S/C24H27N5O6S2/c1-14-23(36-15(2)27-14)37(31,32)28-18-9-17(10-26-21(18)33-5)16-7-8-20-25-11-19(22(30)29(20)12-16)35-13-24(3,4)34-6/h7-12,28H,13H2,1-6H3. The summed E-state index contributed by atoms with van der Waals surface area (Å²) in [4.78, 5) is 25.9. The highest BCUT2D eigenvalue weighted by Crippen LogP contribution is 2.32. The number of hydrogen-bond acceptors (Lipinski definition) is 10. The number of fused-ring (bicyclic) bond motifs is 1. The van der Waals surface area contributed by atoms with Gasteiger partial charge in [0.25, 0.3) is 15.6 Å². The zero-order valence-corrected chi connectivity index (χ0v) is 22.9. The molecule has 4 rings (SSSR count). The van der Waals surface area contributed by atoms with E-state index in [-0.39, 0.29) is 28.1 Å². The molecule has 0 amide bonds. The van der Waals surface area contributed by atoms with Crippen molar-refractivity contribution in [3.63, 3.8) is 0 Å². The van der Waals surface area contributed by atoms with Crippen LogP contribution in [0.15, 0.2) is 45.8 Å². The van der Waals surface area contributed by atoms with Gasteiger partial charge in [-0.25, -0.2) is 23.4 Å². The lowest BCUT2D eigenvalue weighted by Crippen LogP contribution is -2.32. The molecule has 0 fully saturated rings. The Morgan fingerprint density at radius 2 is 1.86 bits per heavy atom. The molecule has 0 atom stereocenters. The Bertz CT molecular complexity index is 1630. The van der Waals surface area contributed by atoms with Gasteiger partial charge in [-0.05, 0) is 45.9 Å². The number of pyridine rings is 2. The number of aryl methyl sites for hydroxylation is 2. The SMILES string of the molecule is COc1ncc(-c2ccc3ncc(OCC(C)(C)OC)c(=O)n3c2)cc1NS(=O)(=O)c1sc(C)nc1C. The maximum Gasteiger partial charge on any atom is 0.300 e. The average Bonchev–Trinajstić information content (AvgIpc) is 3.22. The lowest BCUT2D eigenvalue weighted by atomic mass is 10.1. The van der Waals surface area contributed by atoms with Gasteiger partial charge in [0.2, 0.25) is 11.6 Å². The summed E-state index contributed by atoms with van der Waals surface area (Å²) in [6.07, 6.45) is 4.51. The van der Waals surface area contributed by atoms with Gasteiger partial charge in [0.05, 0.1) is 29.6 Å². The molecule has 0 saturated carbocycles. The van der Waals surface area contributed by atoms with Crippen molar-refractivity contribution in [3.05, 3.63) is 57.8 Å². The first-order chi connectivity index (χ1) is 17.4. The van der Waals surface area contributed by atoms with Gasteiger partial charge >= 0.3 is 0 Å². The highest BCUT2D eigenvalue weighted by molar-refractivity contribution is 7.94. The fraction of sp³-hybridized carbons (Fsp3) is 0.333. The van der Waals surface area contributed by atoms with Gasteiger partial charge in [0.1, 0.15) is 17.9 Å². The van der Waals surface area contributed by atoms with Crippen molar-refractivity contribution in [2.24, 2.45) is 0 Å². The largest absolute Gasteiger partial charge is 0.484 e. The van der Waals surface area contributed by atoms with Crippen molar-refractivity contribution in [3.8, 4) is 22.8 Å². The van der Waals surface area contributed by atoms with Gasteiger partial charge < -0.3 is 14.2 Å². The Balaban J connectivity index is 1.72. The average molecular weight is 546 g/mol. The summed E-state index contributed by atoms with van der Waals surface area (Å²) < 4.78 is 46.5. The van der Waals surface area contributed by atoms with E-state index in [2.05, 4.69) is 19.7 Å². The van der Waals surface area contributed by atoms with E-state index in [0.29, 0.717) is 27.5 Å². The van der Waals surface area contributed by atoms with Crippen LogP contribution >= 0.6 is 11.3 Å². The second-order valence-electron chi connectivity index (χ2n) is 8.82. The summed E-state index contributed by atoms with van der Waals surface area (Å²) in [5, 5.41) is 0.640. The van der Waals surface area contributed by atoms with E-state index < -0.39 is 21.2 Å². The molecule has 11 nitrogen and oxygen atoms in total. The van der Waals surface area contributed by atoms with E-state index in [4.69, 9.17) is 14.2 Å². The molecule has 1 N–H and O–H groups in total. The lowest BCUT2D eigenvalue weighted by Gasteiger charge is -2.22. The molecule has 13 heteroatoms. The van der Waals surface area contributed by atoms with E-state index in [9.17, 15) is 13.2 Å². The van der Waals surface area contributed by atoms with Gasteiger partial charge in [-0.1, -0.05) is 0 Å². The third kappa shape index (κ3) is 5.58. The minimum absolute atomic E-state index is 0.0799. The summed E-state index contributed by atoms with van der Waals surface area (Å²) >= 11 is 1.08. The number of nitrogens with zero attached hydrogens (tertiary/aromatic N) is 4. The number of methoxy groups -OCH3 is 2. The van der Waals surface area contributed by atoms with Crippen molar-refractivity contribution in [1.29, 1.82) is 0 Å². The van der Waals surface area contributed by atoms with Crippen LogP contribution in [0.1, 0.15) is 24.5 Å². The molecule has 0 bridgehead atoms. The van der Waals surface area contributed by atoms with E-state index in [1.807, 2.05) is 13.8 Å². The van der Waals surface area contributed by atoms with Crippen LogP contribution in [0.25, 0.3) is 16.8 Å². The maximum absolute atomic E-state index is 13.1. The molecule has 4 heterocycles. The van der Waals surface area contributed by atoms with Crippen LogP contribution in [0.2, 0.25) is 0 Å². The van der Waals surface area contributed by atoms with Gasteiger partial charge in [0.15, 0.2) is 4.21 Å². The smallest absolute Gasteiger partial charge is 0.300 e. The van der Waals surface area contributed by atoms with Gasteiger partial charge in [-0.3, -0.25) is 13.9 Å². The van der Waals surface area contributed by atoms with Crippen LogP contribution < -0.4 is 19.8 Å². The summed E-state index contributed by atoms with van der Waals surface area (Å²) in [7, 11) is -0.963. The summed E-state index contributed by atoms with van der Waals surface area (Å²) in [6.45, 7) is 7.23. The highest BCUT2D eigenvalue weighted by Gasteiger charge is 2.23. The Morgan fingerprint density at radius 3 is 2.51 bits per heavy atom. The normalized spacial score (nSPS) is 12.1. The number of thiazole rings is 1. The monoisotopic (exact) mass is 545 g/mol. The Hall–Kier alpha value is -3.55. The van der Waals surface area contributed by atoms with E-state index in [0.717, 1.165) is 11.3 Å². The molecule has 4 aromatic heterocycles. The molecule has 0 aliphatic heterocycles. The van der Waals surface area contributed by atoms with E-state index >= 15 is 0 Å². The second kappa shape index (κ2) is 10.1. The first-order valence-electron chi connectivity index (χ1n) is 11.1. The molecule has 0 spiro atoms. The first-order valence-corrected chi connectivity index (χ1v) is 13.4. The molecule has 0 saturated heterocycles. The van der Waals surface area contributed by atoms with Crippen LogP contribution in [0.4, 0.5) is 5.69 Å². The predicted octanol–water partition coefficient (Wildman–Crippen LogP) is 3.44. The zero-order valence-electron chi connectivity index (χ0n) is 21.2. The third-order valence-corrected chi connectivity index (χ3v) is 8.57. The molecule has 0 aliphatic carbocycles. The number of rotatable bonds is 9. The minimum atomic E-state index is -3.93. The third-order valence-electron chi connectivity index (χ3n) is 5.53. The molecule has 4 aromatic rings. The van der Waals surface area contributed by atoms with Crippen LogP contribution in [-0.4, -0.2) is 54.2 Å². The van der Waals surface area contributed by atoms with Crippen molar-refractivity contribution in [1.82, 2.24) is 19.4 Å². The molecule has 0 aliphatic rings. The summed E-state index contributed by atoms with van der Waals surface area (Å²) in [5.41, 5.74) is 1.16. The molecule has 37 heavy (non-hydrogen) atoms. The Labute approximate surface area is 218 Å². The topological polar surface area (TPSA) is 134 Å². The molecule has 0 aromatic carbocycles. The number of nitrogens with one attached hydrogen (secondary N) is 1. The minimum Gasteiger partial charge on any atom is -0.484 e. The molecular weight excluding hydrogens is 518 g/mol. The Morgan fingerprint density at radius 1 is 1.11 bits per heavy atom. The van der Waals surface area contributed by atoms with Crippen LogP contribution in [0, 0.1) is 13.8 Å². The zero-order chi connectivity index (χ0) is 27.0. The van der Waals surface area contributed by atoms with Gasteiger partial charge in [0, 0.05) is 30.6 Å². The number of sulfonamides is 1. The van der Waals surface area contributed by atoms with Crippen molar-refractivity contribution < 1.29 is 22.6 Å². The number of anilines is 1. The van der Waals surface area contributed by atoms with Crippen molar-refractivity contribution >= 4 is 32.7 Å². The molecule has 196 valence electrons.